The lowest BCUT2D eigenvalue weighted by molar-refractivity contribution is 0.501. The molecule has 0 aromatic heterocycles. The SMILES string of the molecule is C=CCC1=NCCN1CC=CN. The molecule has 1 rings (SSSR count). The number of amidine groups is 1. The van der Waals surface area contributed by atoms with Crippen LogP contribution in [-0.2, 0) is 0 Å². The fraction of sp³-hybridized carbons (Fsp3) is 0.444. The molecule has 1 aliphatic heterocycles. The molecule has 0 amide bonds. The van der Waals surface area contributed by atoms with Crippen molar-refractivity contribution < 1.29 is 0 Å². The van der Waals surface area contributed by atoms with Gasteiger partial charge in [0.25, 0.3) is 0 Å². The molecule has 3 heteroatoms. The average molecular weight is 165 g/mol. The van der Waals surface area contributed by atoms with E-state index in [9.17, 15) is 0 Å². The van der Waals surface area contributed by atoms with E-state index in [0.29, 0.717) is 0 Å². The van der Waals surface area contributed by atoms with E-state index in [4.69, 9.17) is 5.73 Å². The van der Waals surface area contributed by atoms with Gasteiger partial charge in [-0.2, -0.15) is 0 Å². The Kier molecular flexibility index (Phi) is 3.38. The van der Waals surface area contributed by atoms with Gasteiger partial charge >= 0.3 is 0 Å². The first kappa shape index (κ1) is 8.84. The van der Waals surface area contributed by atoms with E-state index in [1.54, 1.807) is 6.20 Å². The topological polar surface area (TPSA) is 41.6 Å². The number of hydrogen-bond donors (Lipinski definition) is 1. The zero-order valence-electron chi connectivity index (χ0n) is 7.24. The Morgan fingerprint density at radius 3 is 3.17 bits per heavy atom. The summed E-state index contributed by atoms with van der Waals surface area (Å²) >= 11 is 0. The molecule has 0 bridgehead atoms. The van der Waals surface area contributed by atoms with Crippen LogP contribution in [-0.4, -0.2) is 30.4 Å². The van der Waals surface area contributed by atoms with Crippen LogP contribution in [0, 0.1) is 0 Å². The monoisotopic (exact) mass is 165 g/mol. The highest BCUT2D eigenvalue weighted by molar-refractivity contribution is 5.85. The predicted molar refractivity (Wildman–Crippen MR) is 52.0 cm³/mol. The second-order valence-corrected chi connectivity index (χ2v) is 2.66. The fourth-order valence-electron chi connectivity index (χ4n) is 1.24. The number of nitrogens with zero attached hydrogens (tertiary/aromatic N) is 2. The largest absolute Gasteiger partial charge is 0.405 e. The van der Waals surface area contributed by atoms with E-state index in [1.165, 1.54) is 0 Å². The summed E-state index contributed by atoms with van der Waals surface area (Å²) in [7, 11) is 0. The lowest BCUT2D eigenvalue weighted by atomic mass is 10.3. The van der Waals surface area contributed by atoms with Gasteiger partial charge in [0.15, 0.2) is 0 Å². The fourth-order valence-corrected chi connectivity index (χ4v) is 1.24. The van der Waals surface area contributed by atoms with Crippen molar-refractivity contribution in [1.29, 1.82) is 0 Å². The smallest absolute Gasteiger partial charge is 0.103 e. The molecule has 0 spiro atoms. The van der Waals surface area contributed by atoms with Gasteiger partial charge in [-0.15, -0.1) is 6.58 Å². The third kappa shape index (κ3) is 2.12. The first-order valence-electron chi connectivity index (χ1n) is 4.14. The quantitative estimate of drug-likeness (QED) is 0.624. The second kappa shape index (κ2) is 4.59. The van der Waals surface area contributed by atoms with Gasteiger partial charge in [-0.1, -0.05) is 6.08 Å². The van der Waals surface area contributed by atoms with E-state index < -0.39 is 0 Å². The second-order valence-electron chi connectivity index (χ2n) is 2.66. The minimum atomic E-state index is 0.860. The average Bonchev–Trinajstić information content (AvgIpc) is 2.50. The van der Waals surface area contributed by atoms with Crippen LogP contribution < -0.4 is 5.73 Å². The van der Waals surface area contributed by atoms with Crippen LogP contribution in [0.5, 0.6) is 0 Å². The Bertz CT molecular complexity index is 206. The van der Waals surface area contributed by atoms with Crippen LogP contribution in [0.15, 0.2) is 29.9 Å². The maximum absolute atomic E-state index is 5.26. The van der Waals surface area contributed by atoms with Crippen LogP contribution in [0.4, 0.5) is 0 Å². The van der Waals surface area contributed by atoms with Gasteiger partial charge in [-0.05, 0) is 12.3 Å². The zero-order chi connectivity index (χ0) is 8.81. The zero-order valence-corrected chi connectivity index (χ0v) is 7.24. The van der Waals surface area contributed by atoms with Crippen LogP contribution in [0.3, 0.4) is 0 Å². The van der Waals surface area contributed by atoms with Crippen molar-refractivity contribution in [2.45, 2.75) is 6.42 Å². The molecule has 0 saturated carbocycles. The third-order valence-electron chi connectivity index (χ3n) is 1.82. The molecule has 0 aromatic rings. The van der Waals surface area contributed by atoms with Crippen molar-refractivity contribution in [2.24, 2.45) is 10.7 Å². The summed E-state index contributed by atoms with van der Waals surface area (Å²) in [5.74, 6) is 1.13. The third-order valence-corrected chi connectivity index (χ3v) is 1.82. The number of hydrogen-bond acceptors (Lipinski definition) is 3. The number of rotatable bonds is 4. The molecule has 3 nitrogen and oxygen atoms in total. The Balaban J connectivity index is 2.43. The molecule has 0 radical (unpaired) electrons. The highest BCUT2D eigenvalue weighted by Crippen LogP contribution is 2.04. The van der Waals surface area contributed by atoms with Crippen LogP contribution in [0.25, 0.3) is 0 Å². The predicted octanol–water partition coefficient (Wildman–Crippen LogP) is 0.749. The molecule has 0 aromatic carbocycles. The van der Waals surface area contributed by atoms with Crippen LogP contribution in [0.2, 0.25) is 0 Å². The molecule has 66 valence electrons. The standard InChI is InChI=1S/C9H15N3/c1-2-4-9-11-6-8-12(9)7-3-5-10/h2-3,5H,1,4,6-8,10H2. The summed E-state index contributed by atoms with van der Waals surface area (Å²) in [5, 5.41) is 0. The Morgan fingerprint density at radius 2 is 2.50 bits per heavy atom. The van der Waals surface area contributed by atoms with E-state index in [0.717, 1.165) is 31.9 Å². The maximum atomic E-state index is 5.26. The Hall–Kier alpha value is -1.25. The summed E-state index contributed by atoms with van der Waals surface area (Å²) in [6.45, 7) is 6.46. The molecule has 0 unspecified atom stereocenters. The Labute approximate surface area is 73.3 Å². The van der Waals surface area contributed by atoms with Crippen molar-refractivity contribution in [3.05, 3.63) is 24.9 Å². The molecule has 0 saturated heterocycles. The summed E-state index contributed by atoms with van der Waals surface area (Å²) < 4.78 is 0. The van der Waals surface area contributed by atoms with Gasteiger partial charge in [0.05, 0.1) is 6.54 Å². The molecule has 0 atom stereocenters. The van der Waals surface area contributed by atoms with Gasteiger partial charge in [-0.25, -0.2) is 0 Å². The minimum Gasteiger partial charge on any atom is -0.405 e. The maximum Gasteiger partial charge on any atom is 0.103 e. The number of aliphatic imine (C=N–C) groups is 1. The van der Waals surface area contributed by atoms with E-state index in [2.05, 4.69) is 16.5 Å². The van der Waals surface area contributed by atoms with Crippen LogP contribution in [0.1, 0.15) is 6.42 Å². The first-order valence-corrected chi connectivity index (χ1v) is 4.14. The van der Waals surface area contributed by atoms with E-state index >= 15 is 0 Å². The normalized spacial score (nSPS) is 17.0. The van der Waals surface area contributed by atoms with Crippen molar-refractivity contribution in [2.75, 3.05) is 19.6 Å². The van der Waals surface area contributed by atoms with E-state index in [-0.39, 0.29) is 0 Å². The Morgan fingerprint density at radius 1 is 1.67 bits per heavy atom. The molecule has 0 aliphatic carbocycles. The molecule has 1 heterocycles. The lowest BCUT2D eigenvalue weighted by Crippen LogP contribution is -2.27. The highest BCUT2D eigenvalue weighted by Gasteiger charge is 2.12. The molecule has 0 fully saturated rings. The molecule has 2 N–H and O–H groups in total. The minimum absolute atomic E-state index is 0.860. The summed E-state index contributed by atoms with van der Waals surface area (Å²) in [6, 6.07) is 0. The van der Waals surface area contributed by atoms with Gasteiger partial charge in [0.2, 0.25) is 0 Å². The van der Waals surface area contributed by atoms with Gasteiger partial charge in [0, 0.05) is 19.5 Å². The highest BCUT2D eigenvalue weighted by atomic mass is 15.2. The van der Waals surface area contributed by atoms with Crippen molar-refractivity contribution in [1.82, 2.24) is 4.90 Å². The number of nitrogens with two attached hydrogens (primary N) is 1. The van der Waals surface area contributed by atoms with Gasteiger partial charge in [0.1, 0.15) is 5.84 Å². The van der Waals surface area contributed by atoms with Crippen molar-refractivity contribution in [3.63, 3.8) is 0 Å². The summed E-state index contributed by atoms with van der Waals surface area (Å²) in [4.78, 5) is 6.57. The lowest BCUT2D eigenvalue weighted by Gasteiger charge is -2.16. The van der Waals surface area contributed by atoms with Gasteiger partial charge in [-0.3, -0.25) is 4.99 Å². The molecular weight excluding hydrogens is 150 g/mol. The van der Waals surface area contributed by atoms with Crippen LogP contribution >= 0.6 is 0 Å². The summed E-state index contributed by atoms with van der Waals surface area (Å²) in [6.07, 6.45) is 6.25. The summed E-state index contributed by atoms with van der Waals surface area (Å²) in [5.41, 5.74) is 5.26. The van der Waals surface area contributed by atoms with Gasteiger partial charge < -0.3 is 10.6 Å². The first-order chi connectivity index (χ1) is 5.88. The van der Waals surface area contributed by atoms with E-state index in [1.807, 2.05) is 12.2 Å². The molecule has 12 heavy (non-hydrogen) atoms. The molecule has 1 aliphatic rings. The van der Waals surface area contributed by atoms with Crippen molar-refractivity contribution >= 4 is 5.84 Å². The van der Waals surface area contributed by atoms with Crippen molar-refractivity contribution in [3.8, 4) is 0 Å². The molecular formula is C9H15N3.